The molecule has 0 aliphatic rings. The molecule has 0 radical (unpaired) electrons. The summed E-state index contributed by atoms with van der Waals surface area (Å²) >= 11 is 8.68. The van der Waals surface area contributed by atoms with Gasteiger partial charge >= 0.3 is 0 Å². The molecule has 0 aliphatic heterocycles. The summed E-state index contributed by atoms with van der Waals surface area (Å²) in [4.78, 5) is 0. The number of nitrogens with one attached hydrogen (secondary N) is 2. The molecular formula is C14H13BrN2OS. The van der Waals surface area contributed by atoms with E-state index in [0.717, 1.165) is 21.6 Å². The lowest BCUT2D eigenvalue weighted by Crippen LogP contribution is -2.18. The Labute approximate surface area is 126 Å². The Kier molecular flexibility index (Phi) is 4.76. The minimum Gasteiger partial charge on any atom is -0.497 e. The van der Waals surface area contributed by atoms with Gasteiger partial charge in [0.1, 0.15) is 5.75 Å². The standard InChI is InChI=1S/C14H13BrN2OS/c1-18-13-7-3-6-12(9-13)17-14(19)16-11-5-2-4-10(15)8-11/h2-9H,1H3,(H2,16,17,19). The van der Waals surface area contributed by atoms with Crippen LogP contribution in [0.15, 0.2) is 53.0 Å². The number of ether oxygens (including phenoxy) is 1. The van der Waals surface area contributed by atoms with Crippen molar-refractivity contribution in [2.24, 2.45) is 0 Å². The monoisotopic (exact) mass is 336 g/mol. The Morgan fingerprint density at radius 1 is 1.05 bits per heavy atom. The summed E-state index contributed by atoms with van der Waals surface area (Å²) in [5.74, 6) is 0.787. The fraction of sp³-hybridized carbons (Fsp3) is 0.0714. The van der Waals surface area contributed by atoms with Gasteiger partial charge in [-0.1, -0.05) is 28.1 Å². The van der Waals surface area contributed by atoms with E-state index in [0.29, 0.717) is 5.11 Å². The summed E-state index contributed by atoms with van der Waals surface area (Å²) < 4.78 is 6.16. The summed E-state index contributed by atoms with van der Waals surface area (Å²) in [6.45, 7) is 0. The fourth-order valence-corrected chi connectivity index (χ4v) is 2.20. The first-order chi connectivity index (χ1) is 9.17. The Morgan fingerprint density at radius 2 is 1.68 bits per heavy atom. The Morgan fingerprint density at radius 3 is 2.32 bits per heavy atom. The minimum absolute atomic E-state index is 0.534. The topological polar surface area (TPSA) is 33.3 Å². The molecule has 0 fully saturated rings. The molecule has 0 aromatic heterocycles. The van der Waals surface area contributed by atoms with Crippen LogP contribution >= 0.6 is 28.1 Å². The number of hydrogen-bond donors (Lipinski definition) is 2. The van der Waals surface area contributed by atoms with Gasteiger partial charge in [0.15, 0.2) is 5.11 Å². The zero-order valence-electron chi connectivity index (χ0n) is 10.3. The quantitative estimate of drug-likeness (QED) is 0.820. The van der Waals surface area contributed by atoms with Gasteiger partial charge in [0.05, 0.1) is 7.11 Å². The summed E-state index contributed by atoms with van der Waals surface area (Å²) in [5, 5.41) is 6.76. The number of methoxy groups -OCH3 is 1. The highest BCUT2D eigenvalue weighted by molar-refractivity contribution is 9.10. The first-order valence-electron chi connectivity index (χ1n) is 5.65. The van der Waals surface area contributed by atoms with Crippen LogP contribution < -0.4 is 15.4 Å². The van der Waals surface area contributed by atoms with E-state index in [2.05, 4.69) is 26.6 Å². The van der Waals surface area contributed by atoms with Gasteiger partial charge in [-0.25, -0.2) is 0 Å². The van der Waals surface area contributed by atoms with Crippen LogP contribution in [-0.2, 0) is 0 Å². The van der Waals surface area contributed by atoms with Gasteiger partial charge in [0, 0.05) is 21.9 Å². The lowest BCUT2D eigenvalue weighted by Gasteiger charge is -2.11. The van der Waals surface area contributed by atoms with Gasteiger partial charge in [-0.2, -0.15) is 0 Å². The third-order valence-corrected chi connectivity index (χ3v) is 3.11. The molecule has 0 atom stereocenters. The average Bonchev–Trinajstić information content (AvgIpc) is 2.38. The Hall–Kier alpha value is -1.59. The van der Waals surface area contributed by atoms with Gasteiger partial charge in [0.2, 0.25) is 0 Å². The van der Waals surface area contributed by atoms with Crippen molar-refractivity contribution in [3.05, 3.63) is 53.0 Å². The van der Waals surface area contributed by atoms with Gasteiger partial charge < -0.3 is 15.4 Å². The molecule has 2 N–H and O–H groups in total. The van der Waals surface area contributed by atoms with Crippen molar-refractivity contribution < 1.29 is 4.74 Å². The highest BCUT2D eigenvalue weighted by atomic mass is 79.9. The van der Waals surface area contributed by atoms with Gasteiger partial charge in [-0.3, -0.25) is 0 Å². The molecule has 0 spiro atoms. The molecule has 2 aromatic rings. The van der Waals surface area contributed by atoms with E-state index in [1.54, 1.807) is 7.11 Å². The molecule has 19 heavy (non-hydrogen) atoms. The number of halogens is 1. The van der Waals surface area contributed by atoms with Crippen LogP contribution in [0.5, 0.6) is 5.75 Å². The van der Waals surface area contributed by atoms with Crippen LogP contribution in [0, 0.1) is 0 Å². The maximum atomic E-state index is 5.26. The minimum atomic E-state index is 0.534. The van der Waals surface area contributed by atoms with Crippen molar-refractivity contribution in [1.29, 1.82) is 0 Å². The number of benzene rings is 2. The van der Waals surface area contributed by atoms with Gasteiger partial charge in [-0.05, 0) is 42.5 Å². The summed E-state index contributed by atoms with van der Waals surface area (Å²) in [6.07, 6.45) is 0. The zero-order valence-corrected chi connectivity index (χ0v) is 12.7. The molecule has 98 valence electrons. The van der Waals surface area contributed by atoms with Crippen LogP contribution in [0.4, 0.5) is 11.4 Å². The SMILES string of the molecule is COc1cccc(NC(=S)Nc2cccc(Br)c2)c1. The van der Waals surface area contributed by atoms with Crippen LogP contribution in [0.25, 0.3) is 0 Å². The lowest BCUT2D eigenvalue weighted by molar-refractivity contribution is 0.415. The first kappa shape index (κ1) is 13.8. The van der Waals surface area contributed by atoms with Gasteiger partial charge in [0.25, 0.3) is 0 Å². The van der Waals surface area contributed by atoms with E-state index >= 15 is 0 Å². The zero-order chi connectivity index (χ0) is 13.7. The molecule has 2 aromatic carbocycles. The van der Waals surface area contributed by atoms with Crippen molar-refractivity contribution in [1.82, 2.24) is 0 Å². The second-order valence-electron chi connectivity index (χ2n) is 3.82. The van der Waals surface area contributed by atoms with Crippen molar-refractivity contribution in [2.75, 3.05) is 17.7 Å². The van der Waals surface area contributed by atoms with Crippen LogP contribution in [0.3, 0.4) is 0 Å². The number of hydrogen-bond acceptors (Lipinski definition) is 2. The Bertz CT molecular complexity index is 589. The lowest BCUT2D eigenvalue weighted by atomic mass is 10.3. The normalized spacial score (nSPS) is 9.79. The van der Waals surface area contributed by atoms with E-state index < -0.39 is 0 Å². The number of rotatable bonds is 3. The highest BCUT2D eigenvalue weighted by Crippen LogP contribution is 2.18. The molecule has 0 amide bonds. The largest absolute Gasteiger partial charge is 0.497 e. The van der Waals surface area contributed by atoms with Crippen molar-refractivity contribution in [3.63, 3.8) is 0 Å². The van der Waals surface area contributed by atoms with E-state index in [1.807, 2.05) is 48.5 Å². The van der Waals surface area contributed by atoms with Crippen molar-refractivity contribution in [3.8, 4) is 5.75 Å². The molecule has 5 heteroatoms. The third kappa shape index (κ3) is 4.22. The average molecular weight is 337 g/mol. The molecule has 3 nitrogen and oxygen atoms in total. The first-order valence-corrected chi connectivity index (χ1v) is 6.85. The molecule has 2 rings (SSSR count). The van der Waals surface area contributed by atoms with Crippen molar-refractivity contribution >= 4 is 44.6 Å². The number of anilines is 2. The van der Waals surface area contributed by atoms with E-state index in [4.69, 9.17) is 17.0 Å². The van der Waals surface area contributed by atoms with E-state index in [9.17, 15) is 0 Å². The predicted molar refractivity (Wildman–Crippen MR) is 87.0 cm³/mol. The summed E-state index contributed by atoms with van der Waals surface area (Å²) in [7, 11) is 1.64. The molecule has 0 saturated heterocycles. The molecule has 0 heterocycles. The van der Waals surface area contributed by atoms with Crippen LogP contribution in [0.1, 0.15) is 0 Å². The Balaban J connectivity index is 2.01. The molecule has 0 aliphatic carbocycles. The number of thiocarbonyl (C=S) groups is 1. The molecular weight excluding hydrogens is 324 g/mol. The highest BCUT2D eigenvalue weighted by Gasteiger charge is 2.00. The van der Waals surface area contributed by atoms with E-state index in [-0.39, 0.29) is 0 Å². The second kappa shape index (κ2) is 6.54. The van der Waals surface area contributed by atoms with Gasteiger partial charge in [-0.15, -0.1) is 0 Å². The van der Waals surface area contributed by atoms with E-state index in [1.165, 1.54) is 0 Å². The predicted octanol–water partition coefficient (Wildman–Crippen LogP) is 4.27. The summed E-state index contributed by atoms with van der Waals surface area (Å²) in [6, 6.07) is 15.4. The van der Waals surface area contributed by atoms with Crippen molar-refractivity contribution in [2.45, 2.75) is 0 Å². The maximum absolute atomic E-state index is 5.26. The van der Waals surface area contributed by atoms with Crippen LogP contribution in [0.2, 0.25) is 0 Å². The molecule has 0 unspecified atom stereocenters. The second-order valence-corrected chi connectivity index (χ2v) is 5.15. The van der Waals surface area contributed by atoms with Crippen LogP contribution in [-0.4, -0.2) is 12.2 Å². The summed E-state index contributed by atoms with van der Waals surface area (Å²) in [5.41, 5.74) is 1.81. The third-order valence-electron chi connectivity index (χ3n) is 2.41. The molecule has 0 saturated carbocycles. The fourth-order valence-electron chi connectivity index (χ4n) is 1.56. The smallest absolute Gasteiger partial charge is 0.175 e. The molecule has 0 bridgehead atoms. The maximum Gasteiger partial charge on any atom is 0.175 e.